The molecule has 238 valence electrons. The van der Waals surface area contributed by atoms with Gasteiger partial charge in [0.15, 0.2) is 11.5 Å². The first kappa shape index (κ1) is 30.4. The topological polar surface area (TPSA) is 158 Å². The maximum Gasteiger partial charge on any atom is 0.334 e. The Hall–Kier alpha value is -5.63. The number of phenols is 1. The highest BCUT2D eigenvalue weighted by Crippen LogP contribution is 2.39. The molecule has 3 aromatic carbocycles. The number of rotatable bonds is 9. The average molecular weight is 629 g/mol. The third-order valence-electron chi connectivity index (χ3n) is 8.16. The molecule has 46 heavy (non-hydrogen) atoms. The number of carbonyl (C=O) groups is 3. The second-order valence-electron chi connectivity index (χ2n) is 11.1. The summed E-state index contributed by atoms with van der Waals surface area (Å²) < 4.78 is 10.8. The molecule has 0 radical (unpaired) electrons. The molecule has 0 bridgehead atoms. The summed E-state index contributed by atoms with van der Waals surface area (Å²) in [5.74, 6) is -0.199. The molecule has 6 rings (SSSR count). The molecule has 3 aromatic rings. The minimum absolute atomic E-state index is 0.0451. The van der Waals surface area contributed by atoms with Crippen LogP contribution in [0.2, 0.25) is 0 Å². The zero-order valence-electron chi connectivity index (χ0n) is 24.8. The van der Waals surface area contributed by atoms with Crippen LogP contribution in [0.5, 0.6) is 17.2 Å². The molecule has 0 aromatic heterocycles. The summed E-state index contributed by atoms with van der Waals surface area (Å²) in [6.07, 6.45) is 0.725. The molecular formula is C32H32N6O8. The lowest BCUT2D eigenvalue weighted by molar-refractivity contribution is -0.385. The van der Waals surface area contributed by atoms with Gasteiger partial charge in [-0.25, -0.2) is 14.8 Å². The first-order valence-corrected chi connectivity index (χ1v) is 14.6. The molecule has 3 heterocycles. The van der Waals surface area contributed by atoms with E-state index < -0.39 is 29.1 Å². The average Bonchev–Trinajstić information content (AvgIpc) is 3.50. The summed E-state index contributed by atoms with van der Waals surface area (Å²) >= 11 is 0. The van der Waals surface area contributed by atoms with Crippen molar-refractivity contribution in [2.45, 2.75) is 31.7 Å². The van der Waals surface area contributed by atoms with Crippen LogP contribution in [0, 0.1) is 10.1 Å². The van der Waals surface area contributed by atoms with Gasteiger partial charge in [-0.15, -0.1) is 6.58 Å². The number of nitrogens with zero attached hydrogens (tertiary/aromatic N) is 5. The van der Waals surface area contributed by atoms with Crippen molar-refractivity contribution in [1.29, 1.82) is 0 Å². The number of fused-ring (bicyclic) bond motifs is 2. The number of phenolic OH excluding ortho intramolecular Hbond substituents is 1. The van der Waals surface area contributed by atoms with Crippen molar-refractivity contribution in [3.05, 3.63) is 106 Å². The Kier molecular flexibility index (Phi) is 8.44. The van der Waals surface area contributed by atoms with E-state index >= 15 is 0 Å². The third-order valence-corrected chi connectivity index (χ3v) is 8.16. The van der Waals surface area contributed by atoms with Crippen molar-refractivity contribution in [3.63, 3.8) is 0 Å². The summed E-state index contributed by atoms with van der Waals surface area (Å²) in [7, 11) is 0. The van der Waals surface area contributed by atoms with Gasteiger partial charge in [0.1, 0.15) is 18.0 Å². The SMILES string of the molecule is C=CCN1CC(=O)N2[C@@H](Cc3ccc(O)cc3)C(=O)N(Cc3cc4c(cc3[N+](=O)[O-])OCO4)C[C@@H]2N1C(=O)NCc1ccccc1. The first-order chi connectivity index (χ1) is 22.2. The molecule has 2 fully saturated rings. The van der Waals surface area contributed by atoms with Gasteiger partial charge >= 0.3 is 6.03 Å². The van der Waals surface area contributed by atoms with Crippen molar-refractivity contribution in [1.82, 2.24) is 25.1 Å². The molecule has 0 unspecified atom stereocenters. The van der Waals surface area contributed by atoms with Gasteiger partial charge in [0.2, 0.25) is 18.6 Å². The Morgan fingerprint density at radius 2 is 1.78 bits per heavy atom. The van der Waals surface area contributed by atoms with E-state index in [4.69, 9.17) is 9.47 Å². The standard InChI is InChI=1S/C32H32N6O8/c1-2-12-35-19-30(40)36-26(13-21-8-10-24(39)11-9-21)31(41)34(17-23-14-27-28(46-20-45-27)15-25(23)38(43)44)18-29(36)37(35)32(42)33-16-22-6-4-3-5-7-22/h2-11,14-15,26,29,39H,1,12-13,16-20H2,(H,33,42)/t26-,29-/m0/s1. The molecule has 2 N–H and O–H groups in total. The molecule has 2 saturated heterocycles. The van der Waals surface area contributed by atoms with E-state index in [0.29, 0.717) is 11.3 Å². The van der Waals surface area contributed by atoms with E-state index in [0.717, 1.165) is 5.56 Å². The molecule has 0 aliphatic carbocycles. The molecule has 0 spiro atoms. The van der Waals surface area contributed by atoms with Crippen molar-refractivity contribution >= 4 is 23.5 Å². The van der Waals surface area contributed by atoms with Crippen molar-refractivity contribution in [2.75, 3.05) is 26.4 Å². The predicted molar refractivity (Wildman–Crippen MR) is 163 cm³/mol. The smallest absolute Gasteiger partial charge is 0.334 e. The molecular weight excluding hydrogens is 596 g/mol. The van der Waals surface area contributed by atoms with Gasteiger partial charge in [-0.1, -0.05) is 48.5 Å². The number of amides is 4. The quantitative estimate of drug-likeness (QED) is 0.207. The number of nitro benzene ring substituents is 1. The summed E-state index contributed by atoms with van der Waals surface area (Å²) in [5.41, 5.74) is 1.51. The lowest BCUT2D eigenvalue weighted by atomic mass is 9.98. The van der Waals surface area contributed by atoms with Crippen LogP contribution in [0.1, 0.15) is 16.7 Å². The van der Waals surface area contributed by atoms with Gasteiger partial charge in [-0.3, -0.25) is 19.7 Å². The highest BCUT2D eigenvalue weighted by molar-refractivity contribution is 5.91. The zero-order chi connectivity index (χ0) is 32.4. The molecule has 14 nitrogen and oxygen atoms in total. The molecule has 14 heteroatoms. The predicted octanol–water partition coefficient (Wildman–Crippen LogP) is 2.77. The lowest BCUT2D eigenvalue weighted by Crippen LogP contribution is -2.76. The van der Waals surface area contributed by atoms with Crippen LogP contribution in [-0.2, 0) is 29.1 Å². The fourth-order valence-corrected chi connectivity index (χ4v) is 6.03. The first-order valence-electron chi connectivity index (χ1n) is 14.6. The van der Waals surface area contributed by atoms with Crippen molar-refractivity contribution in [3.8, 4) is 17.2 Å². The van der Waals surface area contributed by atoms with E-state index in [1.807, 2.05) is 30.3 Å². The summed E-state index contributed by atoms with van der Waals surface area (Å²) in [6, 6.07) is 16.9. The minimum Gasteiger partial charge on any atom is -0.508 e. The number of ether oxygens (including phenoxy) is 2. The number of nitro groups is 1. The van der Waals surface area contributed by atoms with Gasteiger partial charge < -0.3 is 29.7 Å². The Bertz CT molecular complexity index is 1670. The summed E-state index contributed by atoms with van der Waals surface area (Å²) in [5, 5.41) is 27.8. The number of hydrogen-bond donors (Lipinski definition) is 2. The van der Waals surface area contributed by atoms with Crippen LogP contribution in [0.15, 0.2) is 79.4 Å². The van der Waals surface area contributed by atoms with Crippen LogP contribution in [0.3, 0.4) is 0 Å². The van der Waals surface area contributed by atoms with Crippen LogP contribution in [0.4, 0.5) is 10.5 Å². The van der Waals surface area contributed by atoms with Crippen LogP contribution in [0.25, 0.3) is 0 Å². The monoisotopic (exact) mass is 628 g/mol. The molecule has 2 atom stereocenters. The highest BCUT2D eigenvalue weighted by atomic mass is 16.7. The lowest BCUT2D eigenvalue weighted by Gasteiger charge is -2.55. The van der Waals surface area contributed by atoms with Crippen molar-refractivity contribution < 1.29 is 33.9 Å². The number of nitrogens with one attached hydrogen (secondary N) is 1. The van der Waals surface area contributed by atoms with Gasteiger partial charge in [-0.2, -0.15) is 0 Å². The van der Waals surface area contributed by atoms with Crippen LogP contribution >= 0.6 is 0 Å². The fourth-order valence-electron chi connectivity index (χ4n) is 6.03. The maximum atomic E-state index is 14.2. The zero-order valence-corrected chi connectivity index (χ0v) is 24.8. The molecule has 4 amide bonds. The van der Waals surface area contributed by atoms with Crippen molar-refractivity contribution in [2.24, 2.45) is 0 Å². The summed E-state index contributed by atoms with van der Waals surface area (Å²) in [4.78, 5) is 56.2. The number of aromatic hydroxyl groups is 1. The number of urea groups is 1. The van der Waals surface area contributed by atoms with E-state index in [9.17, 15) is 29.6 Å². The maximum absolute atomic E-state index is 14.2. The number of carbonyl (C=O) groups excluding carboxylic acids is 3. The molecule has 3 aliphatic heterocycles. The second-order valence-corrected chi connectivity index (χ2v) is 11.1. The van der Waals surface area contributed by atoms with Gasteiger partial charge in [0.05, 0.1) is 36.2 Å². The molecule has 0 saturated carbocycles. The Labute approximate surface area is 264 Å². The van der Waals surface area contributed by atoms with E-state index in [1.165, 1.54) is 39.1 Å². The minimum atomic E-state index is -1.04. The Balaban J connectivity index is 1.37. The van der Waals surface area contributed by atoms with Gasteiger partial charge in [0, 0.05) is 19.5 Å². The summed E-state index contributed by atoms with van der Waals surface area (Å²) in [6.45, 7) is 3.64. The van der Waals surface area contributed by atoms with Crippen LogP contribution in [-0.4, -0.2) is 86.3 Å². The van der Waals surface area contributed by atoms with E-state index in [2.05, 4.69) is 11.9 Å². The van der Waals surface area contributed by atoms with Crippen LogP contribution < -0.4 is 14.8 Å². The fraction of sp³-hybridized carbons (Fsp3) is 0.281. The van der Waals surface area contributed by atoms with E-state index in [1.54, 1.807) is 23.2 Å². The van der Waals surface area contributed by atoms with Gasteiger partial charge in [-0.05, 0) is 29.3 Å². The number of piperazine rings is 1. The Morgan fingerprint density at radius 3 is 2.48 bits per heavy atom. The highest BCUT2D eigenvalue weighted by Gasteiger charge is 2.51. The number of hydrazine groups is 1. The van der Waals surface area contributed by atoms with E-state index in [-0.39, 0.29) is 74.6 Å². The molecule has 3 aliphatic rings. The number of benzene rings is 3. The largest absolute Gasteiger partial charge is 0.508 e. The number of hydrogen-bond acceptors (Lipinski definition) is 9. The normalized spacial score (nSPS) is 19.2. The second kappa shape index (κ2) is 12.8. The van der Waals surface area contributed by atoms with Gasteiger partial charge in [0.25, 0.3) is 5.69 Å². The Morgan fingerprint density at radius 1 is 1.07 bits per heavy atom. The third kappa shape index (κ3) is 6.02.